The summed E-state index contributed by atoms with van der Waals surface area (Å²) in [7, 11) is 0. The molecule has 0 radical (unpaired) electrons. The summed E-state index contributed by atoms with van der Waals surface area (Å²) in [5, 5.41) is 0. The second-order valence-corrected chi connectivity index (χ2v) is 5.14. The van der Waals surface area contributed by atoms with Gasteiger partial charge in [0, 0.05) is 15.5 Å². The Kier molecular flexibility index (Phi) is 3.38. The Hall–Kier alpha value is -1.48. The van der Waals surface area contributed by atoms with Crippen LogP contribution in [0, 0.1) is 19.7 Å². The Balaban J connectivity index is 2.34. The SMILES string of the molecule is Cc1ccc(C)c(Sc2ccc(N)cc2F)c1. The highest BCUT2D eigenvalue weighted by Crippen LogP contribution is 2.33. The zero-order valence-electron chi connectivity index (χ0n) is 9.83. The van der Waals surface area contributed by atoms with Crippen molar-refractivity contribution in [3.63, 3.8) is 0 Å². The average molecular weight is 247 g/mol. The lowest BCUT2D eigenvalue weighted by atomic mass is 10.2. The van der Waals surface area contributed by atoms with Crippen molar-refractivity contribution in [2.75, 3.05) is 5.73 Å². The fraction of sp³-hybridized carbons (Fsp3) is 0.143. The highest BCUT2D eigenvalue weighted by molar-refractivity contribution is 7.99. The van der Waals surface area contributed by atoms with Crippen LogP contribution in [0.1, 0.15) is 11.1 Å². The Morgan fingerprint density at radius 3 is 2.47 bits per heavy atom. The minimum atomic E-state index is -0.268. The maximum atomic E-state index is 13.7. The van der Waals surface area contributed by atoms with E-state index in [1.165, 1.54) is 23.4 Å². The first-order chi connectivity index (χ1) is 8.06. The van der Waals surface area contributed by atoms with E-state index in [1.807, 2.05) is 19.9 Å². The lowest BCUT2D eigenvalue weighted by Crippen LogP contribution is -1.89. The van der Waals surface area contributed by atoms with Crippen molar-refractivity contribution in [3.8, 4) is 0 Å². The van der Waals surface area contributed by atoms with E-state index >= 15 is 0 Å². The Bertz CT molecular complexity index is 552. The van der Waals surface area contributed by atoms with Gasteiger partial charge in [-0.1, -0.05) is 23.9 Å². The molecule has 2 rings (SSSR count). The summed E-state index contributed by atoms with van der Waals surface area (Å²) in [6.07, 6.45) is 0. The fourth-order valence-electron chi connectivity index (χ4n) is 1.54. The van der Waals surface area contributed by atoms with Gasteiger partial charge in [0.15, 0.2) is 0 Å². The van der Waals surface area contributed by atoms with Crippen molar-refractivity contribution in [2.24, 2.45) is 0 Å². The van der Waals surface area contributed by atoms with E-state index < -0.39 is 0 Å². The molecular weight excluding hydrogens is 233 g/mol. The van der Waals surface area contributed by atoms with Gasteiger partial charge >= 0.3 is 0 Å². The normalized spacial score (nSPS) is 10.5. The fourth-order valence-corrected chi connectivity index (χ4v) is 2.54. The number of rotatable bonds is 2. The second-order valence-electron chi connectivity index (χ2n) is 4.06. The maximum absolute atomic E-state index is 13.7. The smallest absolute Gasteiger partial charge is 0.139 e. The van der Waals surface area contributed by atoms with E-state index in [4.69, 9.17) is 5.73 Å². The Morgan fingerprint density at radius 2 is 1.76 bits per heavy atom. The van der Waals surface area contributed by atoms with Gasteiger partial charge in [0.2, 0.25) is 0 Å². The topological polar surface area (TPSA) is 26.0 Å². The maximum Gasteiger partial charge on any atom is 0.139 e. The third-order valence-electron chi connectivity index (χ3n) is 2.52. The zero-order chi connectivity index (χ0) is 12.4. The Labute approximate surface area is 105 Å². The third kappa shape index (κ3) is 2.80. The van der Waals surface area contributed by atoms with Gasteiger partial charge in [0.05, 0.1) is 0 Å². The van der Waals surface area contributed by atoms with Crippen LogP contribution in [-0.2, 0) is 0 Å². The molecule has 0 heterocycles. The molecule has 0 saturated heterocycles. The third-order valence-corrected chi connectivity index (χ3v) is 3.73. The van der Waals surface area contributed by atoms with Crippen LogP contribution in [0.4, 0.5) is 10.1 Å². The summed E-state index contributed by atoms with van der Waals surface area (Å²) in [6.45, 7) is 4.06. The molecule has 1 nitrogen and oxygen atoms in total. The first-order valence-corrected chi connectivity index (χ1v) is 6.18. The standard InChI is InChI=1S/C14H14FNS/c1-9-3-4-10(2)14(7-9)17-13-6-5-11(16)8-12(13)15/h3-8H,16H2,1-2H3. The van der Waals surface area contributed by atoms with Crippen LogP contribution in [-0.4, -0.2) is 0 Å². The van der Waals surface area contributed by atoms with Crippen LogP contribution in [0.25, 0.3) is 0 Å². The minimum Gasteiger partial charge on any atom is -0.399 e. The predicted octanol–water partition coefficient (Wildman–Crippen LogP) is 4.18. The van der Waals surface area contributed by atoms with Crippen LogP contribution in [0.2, 0.25) is 0 Å². The molecule has 3 heteroatoms. The van der Waals surface area contributed by atoms with Gasteiger partial charge in [0.25, 0.3) is 0 Å². The van der Waals surface area contributed by atoms with Gasteiger partial charge < -0.3 is 5.73 Å². The minimum absolute atomic E-state index is 0.268. The number of hydrogen-bond donors (Lipinski definition) is 1. The first-order valence-electron chi connectivity index (χ1n) is 5.36. The van der Waals surface area contributed by atoms with Crippen LogP contribution in [0.3, 0.4) is 0 Å². The number of nitrogens with two attached hydrogens (primary N) is 1. The summed E-state index contributed by atoms with van der Waals surface area (Å²) in [6, 6.07) is 11.0. The van der Waals surface area contributed by atoms with Crippen LogP contribution in [0.5, 0.6) is 0 Å². The number of nitrogen functional groups attached to an aromatic ring is 1. The molecule has 0 spiro atoms. The summed E-state index contributed by atoms with van der Waals surface area (Å²) >= 11 is 1.43. The van der Waals surface area contributed by atoms with Gasteiger partial charge in [-0.3, -0.25) is 0 Å². The molecule has 2 aromatic carbocycles. The molecule has 0 fully saturated rings. The van der Waals surface area contributed by atoms with Gasteiger partial charge in [0.1, 0.15) is 5.82 Å². The molecule has 17 heavy (non-hydrogen) atoms. The highest BCUT2D eigenvalue weighted by atomic mass is 32.2. The number of benzene rings is 2. The lowest BCUT2D eigenvalue weighted by Gasteiger charge is -2.08. The molecular formula is C14H14FNS. The van der Waals surface area contributed by atoms with Crippen molar-refractivity contribution < 1.29 is 4.39 Å². The van der Waals surface area contributed by atoms with Gasteiger partial charge in [-0.15, -0.1) is 0 Å². The van der Waals surface area contributed by atoms with E-state index in [1.54, 1.807) is 12.1 Å². The molecule has 0 aliphatic rings. The van der Waals surface area contributed by atoms with Crippen LogP contribution < -0.4 is 5.73 Å². The highest BCUT2D eigenvalue weighted by Gasteiger charge is 2.06. The summed E-state index contributed by atoms with van der Waals surface area (Å²) in [5.41, 5.74) is 8.30. The van der Waals surface area contributed by atoms with Crippen LogP contribution in [0.15, 0.2) is 46.2 Å². The quantitative estimate of drug-likeness (QED) is 0.806. The molecule has 88 valence electrons. The average Bonchev–Trinajstić information content (AvgIpc) is 2.27. The molecule has 0 atom stereocenters. The van der Waals surface area contributed by atoms with E-state index in [9.17, 15) is 4.39 Å². The number of halogens is 1. The van der Waals surface area contributed by atoms with E-state index in [-0.39, 0.29) is 5.82 Å². The second kappa shape index (κ2) is 4.80. The number of hydrogen-bond acceptors (Lipinski definition) is 2. The first kappa shape index (κ1) is 12.0. The predicted molar refractivity (Wildman–Crippen MR) is 70.9 cm³/mol. The molecule has 0 aromatic heterocycles. The summed E-state index contributed by atoms with van der Waals surface area (Å²) < 4.78 is 13.7. The van der Waals surface area contributed by atoms with Gasteiger partial charge in [-0.05, 0) is 49.2 Å². The monoisotopic (exact) mass is 247 g/mol. The van der Waals surface area contributed by atoms with Crippen molar-refractivity contribution in [1.82, 2.24) is 0 Å². The van der Waals surface area contributed by atoms with E-state index in [0.717, 1.165) is 10.5 Å². The molecule has 0 saturated carbocycles. The molecule has 2 N–H and O–H groups in total. The molecule has 0 bridgehead atoms. The van der Waals surface area contributed by atoms with Crippen molar-refractivity contribution >= 4 is 17.4 Å². The van der Waals surface area contributed by atoms with E-state index in [2.05, 4.69) is 12.1 Å². The molecule has 0 amide bonds. The van der Waals surface area contributed by atoms with Gasteiger partial charge in [-0.2, -0.15) is 0 Å². The largest absolute Gasteiger partial charge is 0.399 e. The van der Waals surface area contributed by atoms with Crippen LogP contribution >= 0.6 is 11.8 Å². The number of anilines is 1. The Morgan fingerprint density at radius 1 is 1.00 bits per heavy atom. The van der Waals surface area contributed by atoms with Crippen molar-refractivity contribution in [1.29, 1.82) is 0 Å². The lowest BCUT2D eigenvalue weighted by molar-refractivity contribution is 0.603. The molecule has 0 aliphatic heterocycles. The van der Waals surface area contributed by atoms with Gasteiger partial charge in [-0.25, -0.2) is 4.39 Å². The number of aryl methyl sites for hydroxylation is 2. The zero-order valence-corrected chi connectivity index (χ0v) is 10.6. The molecule has 0 unspecified atom stereocenters. The van der Waals surface area contributed by atoms with Crippen molar-refractivity contribution in [3.05, 3.63) is 53.3 Å². The molecule has 0 aliphatic carbocycles. The van der Waals surface area contributed by atoms with E-state index in [0.29, 0.717) is 10.6 Å². The summed E-state index contributed by atoms with van der Waals surface area (Å²) in [4.78, 5) is 1.68. The van der Waals surface area contributed by atoms with Crippen molar-refractivity contribution in [2.45, 2.75) is 23.6 Å². The molecule has 2 aromatic rings. The summed E-state index contributed by atoms with van der Waals surface area (Å²) in [5.74, 6) is -0.268.